The summed E-state index contributed by atoms with van der Waals surface area (Å²) in [5, 5.41) is 6.29. The molecule has 0 saturated carbocycles. The average molecular weight is 172 g/mol. The van der Waals surface area contributed by atoms with Gasteiger partial charge in [0.2, 0.25) is 0 Å². The molecule has 0 unspecified atom stereocenters. The Kier molecular flexibility index (Phi) is 3.05. The van der Waals surface area contributed by atoms with Crippen molar-refractivity contribution in [3.63, 3.8) is 0 Å². The molecule has 1 rings (SSSR count). The maximum absolute atomic E-state index is 11.4. The van der Waals surface area contributed by atoms with Gasteiger partial charge in [-0.25, -0.2) is 4.79 Å². The van der Waals surface area contributed by atoms with Gasteiger partial charge in [-0.1, -0.05) is 6.92 Å². The SMILES string of the molecule is CCC1(C(=O)OC)NCCCN1. The fourth-order valence-electron chi connectivity index (χ4n) is 1.47. The van der Waals surface area contributed by atoms with E-state index in [0.29, 0.717) is 6.42 Å². The molecule has 0 radical (unpaired) electrons. The molecule has 4 nitrogen and oxygen atoms in total. The van der Waals surface area contributed by atoms with E-state index in [1.54, 1.807) is 0 Å². The van der Waals surface area contributed by atoms with E-state index < -0.39 is 5.66 Å². The normalized spacial score (nSPS) is 21.8. The van der Waals surface area contributed by atoms with Crippen LogP contribution in [0.3, 0.4) is 0 Å². The summed E-state index contributed by atoms with van der Waals surface area (Å²) in [5.41, 5.74) is -0.632. The third kappa shape index (κ3) is 1.59. The number of rotatable bonds is 2. The Hall–Kier alpha value is -0.610. The monoisotopic (exact) mass is 172 g/mol. The van der Waals surface area contributed by atoms with Crippen molar-refractivity contribution in [3.8, 4) is 0 Å². The molecule has 4 heteroatoms. The third-order valence-corrected chi connectivity index (χ3v) is 2.27. The summed E-state index contributed by atoms with van der Waals surface area (Å²) in [6.07, 6.45) is 1.76. The molecule has 1 heterocycles. The molecular weight excluding hydrogens is 156 g/mol. The molecule has 0 aromatic heterocycles. The van der Waals surface area contributed by atoms with E-state index in [2.05, 4.69) is 10.6 Å². The minimum absolute atomic E-state index is 0.218. The second-order valence-electron chi connectivity index (χ2n) is 2.96. The number of carbonyl (C=O) groups is 1. The van der Waals surface area contributed by atoms with Crippen LogP contribution in [0.1, 0.15) is 19.8 Å². The van der Waals surface area contributed by atoms with Gasteiger partial charge in [0.1, 0.15) is 0 Å². The van der Waals surface area contributed by atoms with Crippen molar-refractivity contribution in [2.24, 2.45) is 0 Å². The predicted octanol–water partition coefficient (Wildman–Crippen LogP) is -0.151. The number of nitrogens with one attached hydrogen (secondary N) is 2. The lowest BCUT2D eigenvalue weighted by Gasteiger charge is -2.35. The molecule has 0 amide bonds. The number of esters is 1. The van der Waals surface area contributed by atoms with Gasteiger partial charge in [0.15, 0.2) is 5.66 Å². The molecule has 12 heavy (non-hydrogen) atoms. The summed E-state index contributed by atoms with van der Waals surface area (Å²) in [7, 11) is 1.41. The maximum Gasteiger partial charge on any atom is 0.341 e. The molecule has 0 atom stereocenters. The third-order valence-electron chi connectivity index (χ3n) is 2.27. The molecule has 1 fully saturated rings. The second kappa shape index (κ2) is 3.87. The van der Waals surface area contributed by atoms with Gasteiger partial charge >= 0.3 is 5.97 Å². The number of ether oxygens (including phenoxy) is 1. The van der Waals surface area contributed by atoms with E-state index in [-0.39, 0.29) is 5.97 Å². The highest BCUT2D eigenvalue weighted by atomic mass is 16.5. The molecule has 1 aliphatic heterocycles. The van der Waals surface area contributed by atoms with E-state index in [0.717, 1.165) is 19.5 Å². The van der Waals surface area contributed by atoms with Gasteiger partial charge in [-0.05, 0) is 25.9 Å². The summed E-state index contributed by atoms with van der Waals surface area (Å²) in [5.74, 6) is -0.218. The Morgan fingerprint density at radius 2 is 2.08 bits per heavy atom. The molecule has 0 bridgehead atoms. The van der Waals surface area contributed by atoms with Gasteiger partial charge in [0.05, 0.1) is 7.11 Å². The Balaban J connectivity index is 2.66. The quantitative estimate of drug-likeness (QED) is 0.569. The van der Waals surface area contributed by atoms with Gasteiger partial charge in [-0.2, -0.15) is 0 Å². The first-order chi connectivity index (χ1) is 5.75. The highest BCUT2D eigenvalue weighted by Gasteiger charge is 2.38. The lowest BCUT2D eigenvalue weighted by molar-refractivity contribution is -0.151. The van der Waals surface area contributed by atoms with E-state index >= 15 is 0 Å². The molecular formula is C8H16N2O2. The Bertz CT molecular complexity index is 164. The fraction of sp³-hybridized carbons (Fsp3) is 0.875. The maximum atomic E-state index is 11.4. The first-order valence-electron chi connectivity index (χ1n) is 4.33. The van der Waals surface area contributed by atoms with E-state index in [1.165, 1.54) is 7.11 Å². The lowest BCUT2D eigenvalue weighted by atomic mass is 10.0. The Morgan fingerprint density at radius 1 is 1.50 bits per heavy atom. The number of hydrogen-bond acceptors (Lipinski definition) is 4. The molecule has 70 valence electrons. The van der Waals surface area contributed by atoms with Crippen molar-refractivity contribution in [3.05, 3.63) is 0 Å². The summed E-state index contributed by atoms with van der Waals surface area (Å²) in [6, 6.07) is 0. The van der Waals surface area contributed by atoms with Crippen molar-refractivity contribution in [1.82, 2.24) is 10.6 Å². The average Bonchev–Trinajstić information content (AvgIpc) is 2.17. The summed E-state index contributed by atoms with van der Waals surface area (Å²) >= 11 is 0. The van der Waals surface area contributed by atoms with Crippen molar-refractivity contribution in [2.45, 2.75) is 25.4 Å². The van der Waals surface area contributed by atoms with Crippen LogP contribution in [0, 0.1) is 0 Å². The van der Waals surface area contributed by atoms with Crippen LogP contribution in [0.25, 0.3) is 0 Å². The van der Waals surface area contributed by atoms with Gasteiger partial charge in [0.25, 0.3) is 0 Å². The fourth-order valence-corrected chi connectivity index (χ4v) is 1.47. The topological polar surface area (TPSA) is 50.4 Å². The van der Waals surface area contributed by atoms with Crippen LogP contribution >= 0.6 is 0 Å². The van der Waals surface area contributed by atoms with Crippen molar-refractivity contribution < 1.29 is 9.53 Å². The zero-order valence-electron chi connectivity index (χ0n) is 7.64. The van der Waals surface area contributed by atoms with Crippen molar-refractivity contribution in [1.29, 1.82) is 0 Å². The predicted molar refractivity (Wildman–Crippen MR) is 45.7 cm³/mol. The smallest absolute Gasteiger partial charge is 0.341 e. The van der Waals surface area contributed by atoms with Crippen LogP contribution in [-0.4, -0.2) is 31.8 Å². The summed E-state index contributed by atoms with van der Waals surface area (Å²) in [4.78, 5) is 11.4. The van der Waals surface area contributed by atoms with Gasteiger partial charge < -0.3 is 4.74 Å². The summed E-state index contributed by atoms with van der Waals surface area (Å²) in [6.45, 7) is 3.70. The largest absolute Gasteiger partial charge is 0.467 e. The van der Waals surface area contributed by atoms with Crippen LogP contribution in [-0.2, 0) is 9.53 Å². The van der Waals surface area contributed by atoms with Crippen molar-refractivity contribution in [2.75, 3.05) is 20.2 Å². The van der Waals surface area contributed by atoms with Crippen molar-refractivity contribution >= 4 is 5.97 Å². The summed E-state index contributed by atoms with van der Waals surface area (Å²) < 4.78 is 4.72. The Morgan fingerprint density at radius 3 is 2.50 bits per heavy atom. The highest BCUT2D eigenvalue weighted by Crippen LogP contribution is 2.11. The molecule has 0 aromatic rings. The number of carbonyl (C=O) groups excluding carboxylic acids is 1. The molecule has 0 spiro atoms. The minimum Gasteiger partial charge on any atom is -0.467 e. The molecule has 0 aromatic carbocycles. The van der Waals surface area contributed by atoms with Crippen LogP contribution < -0.4 is 10.6 Å². The molecule has 1 aliphatic rings. The highest BCUT2D eigenvalue weighted by molar-refractivity contribution is 5.80. The standard InChI is InChI=1S/C8H16N2O2/c1-3-8(7(11)12-2)9-5-4-6-10-8/h9-10H,3-6H2,1-2H3. The Labute approximate surface area is 72.7 Å². The van der Waals surface area contributed by atoms with E-state index in [9.17, 15) is 4.79 Å². The van der Waals surface area contributed by atoms with E-state index in [1.807, 2.05) is 6.92 Å². The van der Waals surface area contributed by atoms with Crippen LogP contribution in [0.5, 0.6) is 0 Å². The van der Waals surface area contributed by atoms with Crippen LogP contribution in [0.2, 0.25) is 0 Å². The first-order valence-corrected chi connectivity index (χ1v) is 4.33. The van der Waals surface area contributed by atoms with Crippen LogP contribution in [0.15, 0.2) is 0 Å². The zero-order chi connectivity index (χ0) is 9.03. The molecule has 1 saturated heterocycles. The number of methoxy groups -OCH3 is 1. The lowest BCUT2D eigenvalue weighted by Crippen LogP contribution is -2.65. The molecule has 0 aliphatic carbocycles. The second-order valence-corrected chi connectivity index (χ2v) is 2.96. The van der Waals surface area contributed by atoms with Crippen LogP contribution in [0.4, 0.5) is 0 Å². The zero-order valence-corrected chi connectivity index (χ0v) is 7.64. The number of hydrogen-bond donors (Lipinski definition) is 2. The minimum atomic E-state index is -0.632. The molecule has 2 N–H and O–H groups in total. The van der Waals surface area contributed by atoms with Gasteiger partial charge in [-0.15, -0.1) is 0 Å². The van der Waals surface area contributed by atoms with Gasteiger partial charge in [0, 0.05) is 0 Å². The van der Waals surface area contributed by atoms with E-state index in [4.69, 9.17) is 4.74 Å². The van der Waals surface area contributed by atoms with Gasteiger partial charge in [-0.3, -0.25) is 10.6 Å². The first kappa shape index (κ1) is 9.48.